The molecule has 7 nitrogen and oxygen atoms in total. The molecule has 2 bridgehead atoms. The van der Waals surface area contributed by atoms with Gasteiger partial charge in [-0.3, -0.25) is 0 Å². The van der Waals surface area contributed by atoms with Crippen LogP contribution >= 0.6 is 0 Å². The van der Waals surface area contributed by atoms with E-state index in [2.05, 4.69) is 39.7 Å². The first-order valence-corrected chi connectivity index (χ1v) is 11.6. The number of fused-ring (bicyclic) bond motifs is 2. The predicted octanol–water partition coefficient (Wildman–Crippen LogP) is 4.64. The maximum Gasteiger partial charge on any atom is 0.213 e. The first kappa shape index (κ1) is 21.6. The molecule has 2 aliphatic heterocycles. The quantitative estimate of drug-likeness (QED) is 0.509. The standard InChI is InChI=1S/C26H31N5O2/c1-25-9-10-26(2,31-25)15-17(14-25)16-28-23-7-6-21(29-30-23)20-5-4-18(12-22(20)32)19-8-11-27-24(13-19)33-3/h4-8,11-13,17,31-32H,9-10,14-16H2,1-3H3,(H,28,30). The Morgan fingerprint density at radius 1 is 1.03 bits per heavy atom. The van der Waals surface area contributed by atoms with Gasteiger partial charge in [0.05, 0.1) is 12.8 Å². The molecule has 5 rings (SSSR count). The molecule has 0 saturated carbocycles. The highest BCUT2D eigenvalue weighted by Gasteiger charge is 2.48. The van der Waals surface area contributed by atoms with Crippen molar-refractivity contribution in [3.63, 3.8) is 0 Å². The maximum atomic E-state index is 10.6. The number of nitrogens with one attached hydrogen (secondary N) is 2. The Morgan fingerprint density at radius 3 is 2.45 bits per heavy atom. The van der Waals surface area contributed by atoms with E-state index < -0.39 is 0 Å². The molecule has 3 N–H and O–H groups in total. The average molecular weight is 446 g/mol. The molecule has 33 heavy (non-hydrogen) atoms. The number of piperidine rings is 1. The number of rotatable bonds is 6. The van der Waals surface area contributed by atoms with Crippen LogP contribution in [0.1, 0.15) is 39.5 Å². The number of hydrogen-bond donors (Lipinski definition) is 3. The Morgan fingerprint density at radius 2 is 1.79 bits per heavy atom. The number of phenolic OH excluding ortho intramolecular Hbond substituents is 1. The largest absolute Gasteiger partial charge is 0.507 e. The first-order valence-electron chi connectivity index (χ1n) is 11.6. The Labute approximate surface area is 194 Å². The molecule has 0 aliphatic carbocycles. The summed E-state index contributed by atoms with van der Waals surface area (Å²) in [5, 5.41) is 26.7. The summed E-state index contributed by atoms with van der Waals surface area (Å²) in [6, 6.07) is 13.1. The van der Waals surface area contributed by atoms with Crippen LogP contribution in [0.25, 0.3) is 22.4 Å². The van der Waals surface area contributed by atoms with Crippen LogP contribution in [0, 0.1) is 5.92 Å². The molecule has 0 spiro atoms. The van der Waals surface area contributed by atoms with E-state index in [9.17, 15) is 5.11 Å². The second kappa shape index (κ2) is 8.30. The zero-order valence-electron chi connectivity index (χ0n) is 19.4. The summed E-state index contributed by atoms with van der Waals surface area (Å²) in [7, 11) is 1.58. The number of ether oxygens (including phenoxy) is 1. The number of nitrogens with zero attached hydrogens (tertiary/aromatic N) is 3. The molecule has 2 fully saturated rings. The van der Waals surface area contributed by atoms with Crippen molar-refractivity contribution < 1.29 is 9.84 Å². The second-order valence-electron chi connectivity index (χ2n) is 10.0. The van der Waals surface area contributed by atoms with E-state index in [1.54, 1.807) is 19.4 Å². The minimum atomic E-state index is 0.157. The Balaban J connectivity index is 1.26. The van der Waals surface area contributed by atoms with Gasteiger partial charge in [0.1, 0.15) is 11.6 Å². The van der Waals surface area contributed by atoms with E-state index in [-0.39, 0.29) is 16.8 Å². The molecule has 0 amide bonds. The molecule has 0 radical (unpaired) electrons. The number of aromatic hydroxyl groups is 1. The predicted molar refractivity (Wildman–Crippen MR) is 129 cm³/mol. The van der Waals surface area contributed by atoms with Crippen LogP contribution in [-0.2, 0) is 0 Å². The van der Waals surface area contributed by atoms with Crippen LogP contribution in [0.15, 0.2) is 48.7 Å². The van der Waals surface area contributed by atoms with Gasteiger partial charge < -0.3 is 20.5 Å². The SMILES string of the molecule is COc1cc(-c2ccc(-c3ccc(NCC4CC5(C)CCC(C)(C4)N5)nn3)c(O)c2)ccn1. The third-order valence-corrected chi connectivity index (χ3v) is 7.10. The molecular weight excluding hydrogens is 414 g/mol. The van der Waals surface area contributed by atoms with Gasteiger partial charge in [-0.1, -0.05) is 6.07 Å². The molecule has 2 saturated heterocycles. The van der Waals surface area contributed by atoms with E-state index in [0.29, 0.717) is 23.1 Å². The minimum Gasteiger partial charge on any atom is -0.507 e. The number of anilines is 1. The number of pyridine rings is 1. The van der Waals surface area contributed by atoms with Gasteiger partial charge in [-0.15, -0.1) is 10.2 Å². The number of hydrogen-bond acceptors (Lipinski definition) is 7. The van der Waals surface area contributed by atoms with Gasteiger partial charge in [-0.2, -0.15) is 0 Å². The van der Waals surface area contributed by atoms with Gasteiger partial charge in [0.15, 0.2) is 0 Å². The monoisotopic (exact) mass is 445 g/mol. The summed E-state index contributed by atoms with van der Waals surface area (Å²) in [5.41, 5.74) is 3.61. The summed E-state index contributed by atoms with van der Waals surface area (Å²) in [4.78, 5) is 4.13. The van der Waals surface area contributed by atoms with E-state index >= 15 is 0 Å². The third kappa shape index (κ3) is 4.50. The van der Waals surface area contributed by atoms with Crippen LogP contribution in [0.3, 0.4) is 0 Å². The van der Waals surface area contributed by atoms with Crippen LogP contribution in [0.2, 0.25) is 0 Å². The fourth-order valence-corrected chi connectivity index (χ4v) is 5.65. The summed E-state index contributed by atoms with van der Waals surface area (Å²) >= 11 is 0. The molecule has 172 valence electrons. The summed E-state index contributed by atoms with van der Waals surface area (Å²) in [5.74, 6) is 2.07. The van der Waals surface area contributed by atoms with Crippen molar-refractivity contribution in [3.8, 4) is 34.0 Å². The van der Waals surface area contributed by atoms with Crippen LogP contribution in [0.5, 0.6) is 11.6 Å². The molecular formula is C26H31N5O2. The molecule has 2 unspecified atom stereocenters. The lowest BCUT2D eigenvalue weighted by Crippen LogP contribution is -2.54. The van der Waals surface area contributed by atoms with Crippen molar-refractivity contribution >= 4 is 5.82 Å². The van der Waals surface area contributed by atoms with Crippen LogP contribution in [0.4, 0.5) is 5.82 Å². The van der Waals surface area contributed by atoms with Gasteiger partial charge in [-0.05, 0) is 86.9 Å². The number of methoxy groups -OCH3 is 1. The van der Waals surface area contributed by atoms with Crippen molar-refractivity contribution in [1.82, 2.24) is 20.5 Å². The normalized spacial score (nSPS) is 26.2. The summed E-state index contributed by atoms with van der Waals surface area (Å²) in [6.45, 7) is 5.60. The van der Waals surface area contributed by atoms with Gasteiger partial charge in [0.25, 0.3) is 0 Å². The first-order chi connectivity index (χ1) is 15.8. The number of benzene rings is 1. The van der Waals surface area contributed by atoms with Gasteiger partial charge in [-0.25, -0.2) is 4.98 Å². The van der Waals surface area contributed by atoms with Crippen LogP contribution < -0.4 is 15.4 Å². The van der Waals surface area contributed by atoms with Gasteiger partial charge in [0, 0.05) is 35.4 Å². The lowest BCUT2D eigenvalue weighted by Gasteiger charge is -2.42. The Kier molecular flexibility index (Phi) is 5.44. The van der Waals surface area contributed by atoms with E-state index in [1.807, 2.05) is 36.4 Å². The van der Waals surface area contributed by atoms with Gasteiger partial charge in [0.2, 0.25) is 5.88 Å². The van der Waals surface area contributed by atoms with Crippen molar-refractivity contribution in [3.05, 3.63) is 48.7 Å². The molecule has 2 aromatic heterocycles. The number of aromatic nitrogens is 3. The lowest BCUT2D eigenvalue weighted by molar-refractivity contribution is 0.178. The zero-order valence-corrected chi connectivity index (χ0v) is 19.4. The van der Waals surface area contributed by atoms with E-state index in [0.717, 1.165) is 23.5 Å². The second-order valence-corrected chi connectivity index (χ2v) is 10.0. The molecule has 4 heterocycles. The number of phenols is 1. The van der Waals surface area contributed by atoms with Crippen molar-refractivity contribution in [2.24, 2.45) is 5.92 Å². The summed E-state index contributed by atoms with van der Waals surface area (Å²) in [6.07, 6.45) is 6.57. The minimum absolute atomic E-state index is 0.157. The molecule has 7 heteroatoms. The zero-order chi connectivity index (χ0) is 23.1. The molecule has 1 aromatic carbocycles. The van der Waals surface area contributed by atoms with Crippen molar-refractivity contribution in [2.75, 3.05) is 19.0 Å². The van der Waals surface area contributed by atoms with E-state index in [4.69, 9.17) is 4.74 Å². The highest BCUT2D eigenvalue weighted by molar-refractivity contribution is 5.74. The highest BCUT2D eigenvalue weighted by Crippen LogP contribution is 2.44. The Hall–Kier alpha value is -3.19. The van der Waals surface area contributed by atoms with Crippen molar-refractivity contribution in [1.29, 1.82) is 0 Å². The van der Waals surface area contributed by atoms with Gasteiger partial charge >= 0.3 is 0 Å². The highest BCUT2D eigenvalue weighted by atomic mass is 16.5. The fourth-order valence-electron chi connectivity index (χ4n) is 5.65. The summed E-state index contributed by atoms with van der Waals surface area (Å²) < 4.78 is 5.19. The van der Waals surface area contributed by atoms with Crippen molar-refractivity contribution in [2.45, 2.75) is 50.6 Å². The third-order valence-electron chi connectivity index (χ3n) is 7.10. The fraction of sp³-hybridized carbons (Fsp3) is 0.423. The topological polar surface area (TPSA) is 92.2 Å². The Bertz CT molecular complexity index is 1130. The smallest absolute Gasteiger partial charge is 0.213 e. The molecule has 2 aliphatic rings. The molecule has 2 atom stereocenters. The average Bonchev–Trinajstić information content (AvgIpc) is 3.05. The lowest BCUT2D eigenvalue weighted by atomic mass is 9.80. The van der Waals surface area contributed by atoms with E-state index in [1.165, 1.54) is 25.7 Å². The van der Waals surface area contributed by atoms with Crippen LogP contribution in [-0.4, -0.2) is 45.0 Å². The maximum absolute atomic E-state index is 10.6. The molecule has 3 aromatic rings.